The lowest BCUT2D eigenvalue weighted by Crippen LogP contribution is -2.17. The van der Waals surface area contributed by atoms with Gasteiger partial charge in [-0.05, 0) is 53.1 Å². The molecule has 3 heterocycles. The Labute approximate surface area is 216 Å². The summed E-state index contributed by atoms with van der Waals surface area (Å²) in [5, 5.41) is 2.28. The maximum Gasteiger partial charge on any atom is 0.137 e. The summed E-state index contributed by atoms with van der Waals surface area (Å²) in [7, 11) is 0. The zero-order valence-electron chi connectivity index (χ0n) is 23.7. The maximum atomic E-state index is 7.64. The molecule has 0 saturated heterocycles. The van der Waals surface area contributed by atoms with Crippen LogP contribution < -0.4 is 9.64 Å². The number of benzene rings is 3. The molecular formula is C31H30N4O. The predicted molar refractivity (Wildman–Crippen MR) is 147 cm³/mol. The number of para-hydroxylation sites is 1. The summed E-state index contributed by atoms with van der Waals surface area (Å²) < 4.78 is 32.7. The Morgan fingerprint density at radius 2 is 1.75 bits per heavy atom. The molecule has 36 heavy (non-hydrogen) atoms. The first-order chi connectivity index (χ1) is 18.6. The standard InChI is InChI=1S/C31H30N4O/c1-31(2,3)22-14-15-32-30(18-22)35-28-11-6-5-10-26(28)27-13-12-25(20-29(27)35)36-24-9-7-8-23(19-24)34-17-16-33(4)21-34/h5-15,18-20H,16-17H2,1-4H3/i4D3. The van der Waals surface area contributed by atoms with E-state index in [4.69, 9.17) is 13.8 Å². The van der Waals surface area contributed by atoms with Crippen molar-refractivity contribution < 1.29 is 13.4 Å². The largest absolute Gasteiger partial charge is 0.459 e. The molecule has 5 aromatic rings. The average Bonchev–Trinajstić information content (AvgIpc) is 3.52. The van der Waals surface area contributed by atoms with E-state index in [1.807, 2.05) is 47.5 Å². The van der Waals surface area contributed by atoms with Gasteiger partial charge < -0.3 is 14.2 Å². The SMILES string of the molecule is [2H]C([2H])([2H])[N+]1=[C-]N(c2cccc(Oc3ccc4c5ccccc5n(-c5cc(C(C)(C)C)ccn5)c4c3)c2)CC1. The second kappa shape index (κ2) is 8.52. The third kappa shape index (κ3) is 4.01. The molecule has 6 rings (SSSR count). The highest BCUT2D eigenvalue weighted by molar-refractivity contribution is 6.09. The molecule has 0 aliphatic carbocycles. The zero-order valence-corrected chi connectivity index (χ0v) is 20.7. The Kier molecular flexibility index (Phi) is 4.52. The zero-order chi connectivity index (χ0) is 27.4. The highest BCUT2D eigenvalue weighted by Gasteiger charge is 2.18. The van der Waals surface area contributed by atoms with Gasteiger partial charge in [0.25, 0.3) is 0 Å². The van der Waals surface area contributed by atoms with Crippen LogP contribution >= 0.6 is 0 Å². The molecule has 0 amide bonds. The van der Waals surface area contributed by atoms with Gasteiger partial charge in [-0.3, -0.25) is 4.57 Å². The van der Waals surface area contributed by atoms with Crippen LogP contribution in [0, 0.1) is 0 Å². The molecule has 1 aliphatic heterocycles. The molecule has 1 aliphatic rings. The first-order valence-electron chi connectivity index (χ1n) is 13.7. The third-order valence-corrected chi connectivity index (χ3v) is 6.64. The van der Waals surface area contributed by atoms with Crippen molar-refractivity contribution in [2.24, 2.45) is 0 Å². The number of anilines is 1. The number of rotatable bonds is 4. The van der Waals surface area contributed by atoms with Gasteiger partial charge in [-0.25, -0.2) is 4.98 Å². The van der Waals surface area contributed by atoms with Crippen LogP contribution in [0.3, 0.4) is 0 Å². The molecule has 0 N–H and O–H groups in total. The van der Waals surface area contributed by atoms with E-state index in [1.165, 1.54) is 10.1 Å². The van der Waals surface area contributed by atoms with E-state index in [1.54, 1.807) is 0 Å². The van der Waals surface area contributed by atoms with Gasteiger partial charge in [0, 0.05) is 23.0 Å². The first-order valence-corrected chi connectivity index (χ1v) is 12.2. The average molecular weight is 478 g/mol. The molecular weight excluding hydrogens is 444 g/mol. The summed E-state index contributed by atoms with van der Waals surface area (Å²) in [6, 6.07) is 26.4. The lowest BCUT2D eigenvalue weighted by molar-refractivity contribution is -0.481. The van der Waals surface area contributed by atoms with Gasteiger partial charge in [0.15, 0.2) is 0 Å². The fourth-order valence-electron chi connectivity index (χ4n) is 4.75. The number of pyridine rings is 1. The fourth-order valence-corrected chi connectivity index (χ4v) is 4.75. The van der Waals surface area contributed by atoms with E-state index in [2.05, 4.69) is 74.1 Å². The molecule has 5 nitrogen and oxygen atoms in total. The predicted octanol–water partition coefficient (Wildman–Crippen LogP) is 6.64. The van der Waals surface area contributed by atoms with Crippen LogP contribution in [0.1, 0.15) is 30.4 Å². The molecule has 0 bridgehead atoms. The van der Waals surface area contributed by atoms with Gasteiger partial charge >= 0.3 is 0 Å². The lowest BCUT2D eigenvalue weighted by atomic mass is 9.88. The topological polar surface area (TPSA) is 33.3 Å². The minimum atomic E-state index is -2.20. The summed E-state index contributed by atoms with van der Waals surface area (Å²) in [6.07, 6.45) is 4.83. The summed E-state index contributed by atoms with van der Waals surface area (Å²) in [5.41, 5.74) is 4.15. The van der Waals surface area contributed by atoms with Crippen LogP contribution in [-0.2, 0) is 5.41 Å². The second-order valence-corrected chi connectivity index (χ2v) is 10.2. The monoisotopic (exact) mass is 477 g/mol. The van der Waals surface area contributed by atoms with Crippen LogP contribution in [0.15, 0.2) is 85.1 Å². The lowest BCUT2D eigenvalue weighted by Gasteiger charge is -2.20. The van der Waals surface area contributed by atoms with Crippen molar-refractivity contribution in [3.05, 3.63) is 90.6 Å². The van der Waals surface area contributed by atoms with E-state index in [9.17, 15) is 0 Å². The molecule has 3 aromatic carbocycles. The van der Waals surface area contributed by atoms with Crippen molar-refractivity contribution in [3.63, 3.8) is 0 Å². The normalized spacial score (nSPS) is 15.6. The van der Waals surface area contributed by atoms with Crippen LogP contribution in [0.2, 0.25) is 0 Å². The van der Waals surface area contributed by atoms with Gasteiger partial charge in [0.05, 0.1) is 28.7 Å². The quantitative estimate of drug-likeness (QED) is 0.215. The van der Waals surface area contributed by atoms with E-state index in [0.29, 0.717) is 24.6 Å². The second-order valence-electron chi connectivity index (χ2n) is 10.2. The molecule has 180 valence electrons. The minimum absolute atomic E-state index is 0.000454. The highest BCUT2D eigenvalue weighted by atomic mass is 16.5. The van der Waals surface area contributed by atoms with Crippen LogP contribution in [0.5, 0.6) is 11.5 Å². The Bertz CT molecular complexity index is 1730. The Morgan fingerprint density at radius 3 is 2.58 bits per heavy atom. The molecule has 0 fully saturated rings. The van der Waals surface area contributed by atoms with Crippen LogP contribution in [0.4, 0.5) is 5.69 Å². The molecule has 0 unspecified atom stereocenters. The Balaban J connectivity index is 1.40. The van der Waals surface area contributed by atoms with Gasteiger partial charge in [0.2, 0.25) is 0 Å². The number of hydrogen-bond acceptors (Lipinski definition) is 3. The summed E-state index contributed by atoms with van der Waals surface area (Å²) >= 11 is 0. The summed E-state index contributed by atoms with van der Waals surface area (Å²) in [4.78, 5) is 6.57. The molecule has 0 radical (unpaired) electrons. The van der Waals surface area contributed by atoms with Crippen molar-refractivity contribution in [3.8, 4) is 17.3 Å². The van der Waals surface area contributed by atoms with E-state index < -0.39 is 6.98 Å². The third-order valence-electron chi connectivity index (χ3n) is 6.64. The smallest absolute Gasteiger partial charge is 0.137 e. The van der Waals surface area contributed by atoms with Crippen LogP contribution in [0.25, 0.3) is 27.6 Å². The van der Waals surface area contributed by atoms with Gasteiger partial charge in [-0.15, -0.1) is 0 Å². The fraction of sp³-hybridized carbons (Fsp3) is 0.226. The van der Waals surface area contributed by atoms with Crippen molar-refractivity contribution in [2.45, 2.75) is 26.2 Å². The molecule has 5 heteroatoms. The van der Waals surface area contributed by atoms with Gasteiger partial charge in [-0.2, -0.15) is 0 Å². The number of hydrogen-bond donors (Lipinski definition) is 0. The van der Waals surface area contributed by atoms with Crippen molar-refractivity contribution >= 4 is 33.8 Å². The summed E-state index contributed by atoms with van der Waals surface area (Å²) in [5.74, 6) is 2.23. The van der Waals surface area contributed by atoms with Crippen molar-refractivity contribution in [1.82, 2.24) is 9.55 Å². The molecule has 0 spiro atoms. The minimum Gasteiger partial charge on any atom is -0.459 e. The van der Waals surface area contributed by atoms with Crippen molar-refractivity contribution in [1.29, 1.82) is 0 Å². The first kappa shape index (κ1) is 19.1. The van der Waals surface area contributed by atoms with E-state index in [-0.39, 0.29) is 5.41 Å². The molecule has 0 saturated carbocycles. The number of likely N-dealkylation sites (N-methyl/N-ethyl adjacent to an activating group) is 1. The number of nitrogens with zero attached hydrogens (tertiary/aromatic N) is 4. The highest BCUT2D eigenvalue weighted by Crippen LogP contribution is 2.36. The van der Waals surface area contributed by atoms with Gasteiger partial charge in [-0.1, -0.05) is 57.2 Å². The van der Waals surface area contributed by atoms with Crippen molar-refractivity contribution in [2.75, 3.05) is 25.0 Å². The van der Waals surface area contributed by atoms with Crippen LogP contribution in [-0.4, -0.2) is 40.5 Å². The van der Waals surface area contributed by atoms with E-state index >= 15 is 0 Å². The molecule has 0 atom stereocenters. The molecule has 2 aromatic heterocycles. The number of ether oxygens (including phenoxy) is 1. The maximum absolute atomic E-state index is 7.64. The number of fused-ring (bicyclic) bond motifs is 3. The van der Waals surface area contributed by atoms with Gasteiger partial charge in [0.1, 0.15) is 30.2 Å². The Hall–Kier alpha value is -4.12. The van der Waals surface area contributed by atoms with E-state index in [0.717, 1.165) is 33.3 Å². The Morgan fingerprint density at radius 1 is 0.917 bits per heavy atom. The summed E-state index contributed by atoms with van der Waals surface area (Å²) in [6.45, 7) is 5.36. The number of aromatic nitrogens is 2.